The molecule has 2 rings (SSSR count). The van der Waals surface area contributed by atoms with Crippen LogP contribution in [0.2, 0.25) is 10.0 Å². The van der Waals surface area contributed by atoms with Crippen molar-refractivity contribution >= 4 is 44.8 Å². The first-order valence-electron chi connectivity index (χ1n) is 7.78. The van der Waals surface area contributed by atoms with Gasteiger partial charge >= 0.3 is 0 Å². The molecule has 0 aliphatic rings. The number of nitrogens with one attached hydrogen (secondary N) is 2. The lowest BCUT2D eigenvalue weighted by atomic mass is 10.3. The van der Waals surface area contributed by atoms with Gasteiger partial charge in [0.15, 0.2) is 6.61 Å². The van der Waals surface area contributed by atoms with E-state index in [9.17, 15) is 23.3 Å². The second-order valence-corrected chi connectivity index (χ2v) is 7.97. The van der Waals surface area contributed by atoms with Gasteiger partial charge in [-0.1, -0.05) is 23.2 Å². The number of carbonyl (C=O) groups excluding carboxylic acids is 1. The molecule has 2 aromatic rings. The number of sulfonamides is 1. The maximum Gasteiger partial charge on any atom is 0.269 e. The van der Waals surface area contributed by atoms with Crippen LogP contribution >= 0.6 is 23.2 Å². The summed E-state index contributed by atoms with van der Waals surface area (Å²) in [7, 11) is -3.85. The molecule has 0 saturated heterocycles. The lowest BCUT2D eigenvalue weighted by Crippen LogP contribution is -2.36. The molecule has 1 amide bonds. The van der Waals surface area contributed by atoms with E-state index in [1.807, 2.05) is 0 Å². The molecule has 0 unspecified atom stereocenters. The predicted molar refractivity (Wildman–Crippen MR) is 103 cm³/mol. The molecule has 0 bridgehead atoms. The topological polar surface area (TPSA) is 128 Å². The lowest BCUT2D eigenvalue weighted by Gasteiger charge is -2.10. The van der Waals surface area contributed by atoms with Crippen molar-refractivity contribution in [2.75, 3.05) is 19.7 Å². The van der Waals surface area contributed by atoms with Crippen molar-refractivity contribution in [1.29, 1.82) is 0 Å². The van der Waals surface area contributed by atoms with Crippen molar-refractivity contribution in [1.82, 2.24) is 10.0 Å². The minimum atomic E-state index is -3.85. The fraction of sp³-hybridized carbons (Fsp3) is 0.188. The molecule has 0 radical (unpaired) electrons. The number of ether oxygens (including phenoxy) is 1. The van der Waals surface area contributed by atoms with Crippen molar-refractivity contribution in [3.8, 4) is 5.75 Å². The number of hydrogen-bond acceptors (Lipinski definition) is 6. The van der Waals surface area contributed by atoms with Crippen LogP contribution in [0.25, 0.3) is 0 Å². The summed E-state index contributed by atoms with van der Waals surface area (Å²) in [5, 5.41) is 13.8. The van der Waals surface area contributed by atoms with E-state index in [1.54, 1.807) is 6.07 Å². The first-order chi connectivity index (χ1) is 13.2. The average Bonchev–Trinajstić information content (AvgIpc) is 2.64. The van der Waals surface area contributed by atoms with Gasteiger partial charge in [-0.3, -0.25) is 14.9 Å². The third kappa shape index (κ3) is 6.34. The van der Waals surface area contributed by atoms with Crippen LogP contribution in [0.4, 0.5) is 5.69 Å². The summed E-state index contributed by atoms with van der Waals surface area (Å²) in [6.45, 7) is -0.369. The number of hydrogen-bond donors (Lipinski definition) is 2. The van der Waals surface area contributed by atoms with Gasteiger partial charge in [0.25, 0.3) is 11.6 Å². The predicted octanol–water partition coefficient (Wildman–Crippen LogP) is 2.38. The maximum absolute atomic E-state index is 12.1. The van der Waals surface area contributed by atoms with Crippen LogP contribution in [0.15, 0.2) is 47.4 Å². The summed E-state index contributed by atoms with van der Waals surface area (Å²) in [6, 6.07) is 9.00. The zero-order valence-corrected chi connectivity index (χ0v) is 16.6. The van der Waals surface area contributed by atoms with E-state index in [0.29, 0.717) is 10.8 Å². The molecule has 2 aromatic carbocycles. The molecule has 12 heteroatoms. The van der Waals surface area contributed by atoms with Crippen LogP contribution in [0, 0.1) is 10.1 Å². The Kier molecular flexibility index (Phi) is 7.58. The Labute approximate surface area is 170 Å². The van der Waals surface area contributed by atoms with E-state index in [0.717, 1.165) is 24.3 Å². The number of nitrogens with zero attached hydrogens (tertiary/aromatic N) is 1. The Morgan fingerprint density at radius 2 is 1.79 bits per heavy atom. The summed E-state index contributed by atoms with van der Waals surface area (Å²) in [4.78, 5) is 21.6. The summed E-state index contributed by atoms with van der Waals surface area (Å²) >= 11 is 11.7. The maximum atomic E-state index is 12.1. The zero-order chi connectivity index (χ0) is 20.7. The number of amides is 1. The molecule has 2 N–H and O–H groups in total. The molecule has 0 aliphatic carbocycles. The van der Waals surface area contributed by atoms with Crippen LogP contribution in [-0.2, 0) is 14.8 Å². The van der Waals surface area contributed by atoms with Crippen LogP contribution in [0.3, 0.4) is 0 Å². The van der Waals surface area contributed by atoms with E-state index in [4.69, 9.17) is 27.9 Å². The normalized spacial score (nSPS) is 11.1. The van der Waals surface area contributed by atoms with Crippen molar-refractivity contribution in [2.24, 2.45) is 0 Å². The largest absolute Gasteiger partial charge is 0.482 e. The second kappa shape index (κ2) is 9.69. The minimum Gasteiger partial charge on any atom is -0.482 e. The number of benzene rings is 2. The molecule has 0 fully saturated rings. The van der Waals surface area contributed by atoms with E-state index in [-0.39, 0.29) is 35.3 Å². The number of nitro groups is 1. The molecule has 0 saturated carbocycles. The van der Waals surface area contributed by atoms with E-state index >= 15 is 0 Å². The average molecular weight is 448 g/mol. The van der Waals surface area contributed by atoms with Crippen molar-refractivity contribution in [2.45, 2.75) is 4.90 Å². The molecule has 0 spiro atoms. The van der Waals surface area contributed by atoms with Gasteiger partial charge in [0.2, 0.25) is 10.0 Å². The Balaban J connectivity index is 1.76. The quantitative estimate of drug-likeness (QED) is 0.345. The first kappa shape index (κ1) is 21.9. The second-order valence-electron chi connectivity index (χ2n) is 5.36. The highest BCUT2D eigenvalue weighted by atomic mass is 35.5. The standard InChI is InChI=1S/C16H15Cl2N3O6S/c17-11-1-6-15(14(18)9-11)27-10-16(22)19-7-8-20-28(25,26)13-4-2-12(3-5-13)21(23)24/h1-6,9,20H,7-8,10H2,(H,19,22). The lowest BCUT2D eigenvalue weighted by molar-refractivity contribution is -0.384. The Morgan fingerprint density at radius 1 is 1.11 bits per heavy atom. The van der Waals surface area contributed by atoms with Crippen molar-refractivity contribution < 1.29 is 22.9 Å². The Morgan fingerprint density at radius 3 is 2.39 bits per heavy atom. The number of nitro benzene ring substituents is 1. The molecule has 9 nitrogen and oxygen atoms in total. The SMILES string of the molecule is O=C(COc1ccc(Cl)cc1Cl)NCCNS(=O)(=O)c1ccc([N+](=O)[O-])cc1. The Bertz CT molecular complexity index is 967. The molecule has 28 heavy (non-hydrogen) atoms. The number of rotatable bonds is 9. The number of non-ortho nitro benzene ring substituents is 1. The van der Waals surface area contributed by atoms with E-state index < -0.39 is 20.9 Å². The fourth-order valence-electron chi connectivity index (χ4n) is 2.00. The molecule has 0 heterocycles. The summed E-state index contributed by atoms with van der Waals surface area (Å²) in [5.41, 5.74) is -0.216. The number of carbonyl (C=O) groups is 1. The van der Waals surface area contributed by atoms with Crippen molar-refractivity contribution in [3.63, 3.8) is 0 Å². The van der Waals surface area contributed by atoms with Crippen molar-refractivity contribution in [3.05, 3.63) is 62.6 Å². The number of halogens is 2. The molecule has 0 aliphatic heterocycles. The van der Waals surface area contributed by atoms with Gasteiger partial charge in [-0.2, -0.15) is 0 Å². The van der Waals surface area contributed by atoms with Gasteiger partial charge in [-0.25, -0.2) is 13.1 Å². The van der Waals surface area contributed by atoms with E-state index in [1.165, 1.54) is 12.1 Å². The molecule has 0 aromatic heterocycles. The molecular formula is C16H15Cl2N3O6S. The highest BCUT2D eigenvalue weighted by molar-refractivity contribution is 7.89. The van der Waals surface area contributed by atoms with Gasteiger partial charge in [0, 0.05) is 30.2 Å². The Hall–Kier alpha value is -2.40. The van der Waals surface area contributed by atoms with Gasteiger partial charge in [-0.15, -0.1) is 0 Å². The fourth-order valence-corrected chi connectivity index (χ4v) is 3.50. The van der Waals surface area contributed by atoms with E-state index in [2.05, 4.69) is 10.0 Å². The third-order valence-corrected chi connectivity index (χ3v) is 5.36. The van der Waals surface area contributed by atoms with Gasteiger partial charge < -0.3 is 10.1 Å². The highest BCUT2D eigenvalue weighted by Crippen LogP contribution is 2.27. The van der Waals surface area contributed by atoms with Crippen LogP contribution in [-0.4, -0.2) is 38.9 Å². The van der Waals surface area contributed by atoms with Gasteiger partial charge in [0.1, 0.15) is 5.75 Å². The van der Waals surface area contributed by atoms with Crippen LogP contribution < -0.4 is 14.8 Å². The molecular weight excluding hydrogens is 433 g/mol. The monoisotopic (exact) mass is 447 g/mol. The van der Waals surface area contributed by atoms with Crippen LogP contribution in [0.5, 0.6) is 5.75 Å². The molecule has 150 valence electrons. The first-order valence-corrected chi connectivity index (χ1v) is 10.0. The van der Waals surface area contributed by atoms with Crippen LogP contribution in [0.1, 0.15) is 0 Å². The summed E-state index contributed by atoms with van der Waals surface area (Å²) in [5.74, 6) is -0.180. The van der Waals surface area contributed by atoms with Gasteiger partial charge in [-0.05, 0) is 30.3 Å². The minimum absolute atomic E-state index is 0.0166. The zero-order valence-electron chi connectivity index (χ0n) is 14.2. The smallest absolute Gasteiger partial charge is 0.269 e. The summed E-state index contributed by atoms with van der Waals surface area (Å²) < 4.78 is 31.7. The highest BCUT2D eigenvalue weighted by Gasteiger charge is 2.15. The summed E-state index contributed by atoms with van der Waals surface area (Å²) in [6.07, 6.45) is 0. The van der Waals surface area contributed by atoms with Gasteiger partial charge in [0.05, 0.1) is 14.8 Å². The molecule has 0 atom stereocenters. The third-order valence-electron chi connectivity index (χ3n) is 3.35.